The molecule has 0 aromatic carbocycles. The second-order valence-electron chi connectivity index (χ2n) is 7.13. The number of rotatable bonds is 4. The molecule has 3 atom stereocenters. The summed E-state index contributed by atoms with van der Waals surface area (Å²) >= 11 is 0. The highest BCUT2D eigenvalue weighted by atomic mass is 16.6. The van der Waals surface area contributed by atoms with Crippen molar-refractivity contribution in [2.24, 2.45) is 0 Å². The molecule has 1 aliphatic carbocycles. The molecule has 1 aromatic rings. The van der Waals surface area contributed by atoms with E-state index in [0.717, 1.165) is 30.8 Å². The maximum absolute atomic E-state index is 11.9. The largest absolute Gasteiger partial charge is 0.465 e. The first-order valence-corrected chi connectivity index (χ1v) is 8.06. The minimum Gasteiger partial charge on any atom is -0.465 e. The lowest BCUT2D eigenvalue weighted by atomic mass is 10.1. The zero-order valence-electron chi connectivity index (χ0n) is 14.2. The molecule has 3 unspecified atom stereocenters. The smallest absolute Gasteiger partial charge is 0.407 e. The first kappa shape index (κ1) is 16.9. The van der Waals surface area contributed by atoms with Crippen LogP contribution < -0.4 is 10.6 Å². The van der Waals surface area contributed by atoms with Gasteiger partial charge in [0.2, 0.25) is 0 Å². The van der Waals surface area contributed by atoms with Crippen molar-refractivity contribution in [1.29, 1.82) is 0 Å². The highest BCUT2D eigenvalue weighted by molar-refractivity contribution is 5.68. The highest BCUT2D eigenvalue weighted by Gasteiger charge is 2.31. The van der Waals surface area contributed by atoms with Crippen LogP contribution in [0.2, 0.25) is 0 Å². The molecule has 1 heterocycles. The lowest BCUT2D eigenvalue weighted by molar-refractivity contribution is 0.0497. The predicted molar refractivity (Wildman–Crippen MR) is 85.8 cm³/mol. The minimum atomic E-state index is -0.468. The molecule has 5 nitrogen and oxygen atoms in total. The fourth-order valence-corrected chi connectivity index (χ4v) is 2.88. The molecule has 0 bridgehead atoms. The quantitative estimate of drug-likeness (QED) is 0.890. The third-order valence-electron chi connectivity index (χ3n) is 3.87. The Morgan fingerprint density at radius 1 is 1.32 bits per heavy atom. The Morgan fingerprint density at radius 3 is 2.59 bits per heavy atom. The summed E-state index contributed by atoms with van der Waals surface area (Å²) in [5.41, 5.74) is -0.468. The summed E-state index contributed by atoms with van der Waals surface area (Å²) in [6, 6.07) is 4.44. The van der Waals surface area contributed by atoms with Crippen LogP contribution >= 0.6 is 0 Å². The lowest BCUT2D eigenvalue weighted by Crippen LogP contribution is -2.48. The highest BCUT2D eigenvalue weighted by Crippen LogP contribution is 2.24. The van der Waals surface area contributed by atoms with Crippen LogP contribution in [0.5, 0.6) is 0 Å². The van der Waals surface area contributed by atoms with Gasteiger partial charge in [0.25, 0.3) is 0 Å². The number of furan rings is 1. The maximum atomic E-state index is 11.9. The zero-order chi connectivity index (χ0) is 16.3. The van der Waals surface area contributed by atoms with Crippen LogP contribution in [0, 0.1) is 6.92 Å². The van der Waals surface area contributed by atoms with Gasteiger partial charge < -0.3 is 19.8 Å². The van der Waals surface area contributed by atoms with Gasteiger partial charge >= 0.3 is 6.09 Å². The summed E-state index contributed by atoms with van der Waals surface area (Å²) < 4.78 is 11.0. The van der Waals surface area contributed by atoms with Crippen LogP contribution in [0.3, 0.4) is 0 Å². The first-order chi connectivity index (χ1) is 10.2. The number of aryl methyl sites for hydroxylation is 1. The van der Waals surface area contributed by atoms with Gasteiger partial charge in [0.15, 0.2) is 0 Å². The summed E-state index contributed by atoms with van der Waals surface area (Å²) in [6.45, 7) is 9.65. The predicted octanol–water partition coefficient (Wildman–Crippen LogP) is 3.68. The van der Waals surface area contributed by atoms with Crippen molar-refractivity contribution in [3.05, 3.63) is 23.7 Å². The summed E-state index contributed by atoms with van der Waals surface area (Å²) in [4.78, 5) is 11.9. The van der Waals surface area contributed by atoms with Crippen LogP contribution in [-0.4, -0.2) is 23.8 Å². The maximum Gasteiger partial charge on any atom is 0.407 e. The van der Waals surface area contributed by atoms with Gasteiger partial charge in [0.1, 0.15) is 17.1 Å². The van der Waals surface area contributed by atoms with Gasteiger partial charge in [0, 0.05) is 12.1 Å². The topological polar surface area (TPSA) is 63.5 Å². The summed E-state index contributed by atoms with van der Waals surface area (Å²) in [6.07, 6.45) is 2.78. The van der Waals surface area contributed by atoms with E-state index in [1.54, 1.807) is 0 Å². The molecular weight excluding hydrogens is 280 g/mol. The molecule has 5 heteroatoms. The van der Waals surface area contributed by atoms with Crippen molar-refractivity contribution in [3.63, 3.8) is 0 Å². The zero-order valence-corrected chi connectivity index (χ0v) is 14.2. The molecule has 1 saturated carbocycles. The number of ether oxygens (including phenoxy) is 1. The van der Waals surface area contributed by atoms with Gasteiger partial charge in [-0.1, -0.05) is 0 Å². The van der Waals surface area contributed by atoms with E-state index in [1.165, 1.54) is 0 Å². The van der Waals surface area contributed by atoms with Crippen molar-refractivity contribution in [2.75, 3.05) is 0 Å². The Morgan fingerprint density at radius 2 is 2.00 bits per heavy atom. The summed E-state index contributed by atoms with van der Waals surface area (Å²) in [5, 5.41) is 6.56. The van der Waals surface area contributed by atoms with E-state index in [2.05, 4.69) is 17.6 Å². The fraction of sp³-hybridized carbons (Fsp3) is 0.706. The molecule has 124 valence electrons. The molecule has 0 saturated heterocycles. The van der Waals surface area contributed by atoms with Gasteiger partial charge in [-0.25, -0.2) is 4.79 Å². The fourth-order valence-electron chi connectivity index (χ4n) is 2.88. The molecular formula is C17H28N2O3. The Hall–Kier alpha value is -1.49. The van der Waals surface area contributed by atoms with Crippen LogP contribution in [0.4, 0.5) is 4.79 Å². The van der Waals surface area contributed by atoms with Crippen LogP contribution in [0.15, 0.2) is 16.5 Å². The van der Waals surface area contributed by atoms with Gasteiger partial charge in [-0.3, -0.25) is 0 Å². The van der Waals surface area contributed by atoms with E-state index < -0.39 is 5.60 Å². The van der Waals surface area contributed by atoms with E-state index in [9.17, 15) is 4.79 Å². The average Bonchev–Trinajstić information content (AvgIpc) is 2.97. The Labute approximate surface area is 132 Å². The van der Waals surface area contributed by atoms with E-state index in [-0.39, 0.29) is 24.2 Å². The van der Waals surface area contributed by atoms with Crippen molar-refractivity contribution in [2.45, 2.75) is 77.6 Å². The second kappa shape index (κ2) is 6.73. The normalized spacial score (nSPS) is 23.3. The van der Waals surface area contributed by atoms with Crippen molar-refractivity contribution in [1.82, 2.24) is 10.6 Å². The first-order valence-electron chi connectivity index (χ1n) is 8.06. The summed E-state index contributed by atoms with van der Waals surface area (Å²) in [7, 11) is 0. The molecule has 0 spiro atoms. The van der Waals surface area contributed by atoms with Crippen LogP contribution in [0.25, 0.3) is 0 Å². The van der Waals surface area contributed by atoms with Gasteiger partial charge in [0.05, 0.1) is 6.04 Å². The van der Waals surface area contributed by atoms with E-state index >= 15 is 0 Å². The third kappa shape index (κ3) is 4.77. The molecule has 0 radical (unpaired) electrons. The molecule has 2 rings (SSSR count). The van der Waals surface area contributed by atoms with Crippen molar-refractivity contribution in [3.8, 4) is 0 Å². The number of alkyl carbamates (subject to hydrolysis) is 1. The molecule has 1 aromatic heterocycles. The Kier molecular flexibility index (Phi) is 5.16. The second-order valence-corrected chi connectivity index (χ2v) is 7.13. The lowest BCUT2D eigenvalue weighted by Gasteiger charge is -2.27. The molecule has 0 aliphatic heterocycles. The molecule has 1 fully saturated rings. The van der Waals surface area contributed by atoms with Crippen molar-refractivity contribution < 1.29 is 13.9 Å². The molecule has 2 N–H and O–H groups in total. The SMILES string of the molecule is Cc1ccc(C(C)NC2CCCC2NC(=O)OC(C)(C)C)o1. The minimum absolute atomic E-state index is 0.105. The van der Waals surface area contributed by atoms with Crippen molar-refractivity contribution >= 4 is 6.09 Å². The Balaban J connectivity index is 1.89. The van der Waals surface area contributed by atoms with Gasteiger partial charge in [-0.15, -0.1) is 0 Å². The number of carbonyl (C=O) groups excluding carboxylic acids is 1. The Bertz CT molecular complexity index is 504. The van der Waals surface area contributed by atoms with Crippen LogP contribution in [-0.2, 0) is 4.74 Å². The van der Waals surface area contributed by atoms with E-state index in [0.29, 0.717) is 0 Å². The standard InChI is InChI=1S/C17H28N2O3/c1-11-9-10-15(21-11)12(2)18-13-7-6-8-14(13)19-16(20)22-17(3,4)5/h9-10,12-14,18H,6-8H2,1-5H3,(H,19,20). The van der Waals surface area contributed by atoms with Crippen LogP contribution in [0.1, 0.15) is 64.5 Å². The molecule has 1 aliphatic rings. The van der Waals surface area contributed by atoms with E-state index in [4.69, 9.17) is 9.15 Å². The number of hydrogen-bond donors (Lipinski definition) is 2. The van der Waals surface area contributed by atoms with Gasteiger partial charge in [-0.2, -0.15) is 0 Å². The number of carbonyl (C=O) groups is 1. The van der Waals surface area contributed by atoms with Gasteiger partial charge in [-0.05, 0) is 66.0 Å². The number of amides is 1. The molecule has 1 amide bonds. The third-order valence-corrected chi connectivity index (χ3v) is 3.87. The average molecular weight is 308 g/mol. The molecule has 22 heavy (non-hydrogen) atoms. The van der Waals surface area contributed by atoms with E-state index in [1.807, 2.05) is 39.8 Å². The summed E-state index contributed by atoms with van der Waals surface area (Å²) in [5.74, 6) is 1.85. The number of nitrogens with one attached hydrogen (secondary N) is 2. The monoisotopic (exact) mass is 308 g/mol. The number of hydrogen-bond acceptors (Lipinski definition) is 4.